The zero-order chi connectivity index (χ0) is 23.1. The first kappa shape index (κ1) is 24.4. The van der Waals surface area contributed by atoms with Crippen molar-refractivity contribution < 1.29 is 47.6 Å². The number of para-hydroxylation sites is 1. The highest BCUT2D eigenvalue weighted by atomic mass is 35.5. The van der Waals surface area contributed by atoms with Crippen LogP contribution < -0.4 is 4.74 Å². The number of ether oxygens (including phenoxy) is 6. The first-order chi connectivity index (χ1) is 14.6. The van der Waals surface area contributed by atoms with Crippen molar-refractivity contribution in [1.82, 2.24) is 0 Å². The fourth-order valence-electron chi connectivity index (χ4n) is 2.95. The Morgan fingerprint density at radius 1 is 0.839 bits per heavy atom. The van der Waals surface area contributed by atoms with Gasteiger partial charge in [0.15, 0.2) is 12.2 Å². The molecule has 0 N–H and O–H groups in total. The molecule has 0 aromatic heterocycles. The number of carbonyl (C=O) groups excluding carboxylic acids is 4. The molecule has 0 aliphatic carbocycles. The Morgan fingerprint density at radius 3 is 1.94 bits per heavy atom. The molecule has 2 rings (SSSR count). The van der Waals surface area contributed by atoms with Crippen molar-refractivity contribution in [3.8, 4) is 5.75 Å². The fraction of sp³-hybridized carbons (Fsp3) is 0.500. The Kier molecular flexibility index (Phi) is 8.64. The summed E-state index contributed by atoms with van der Waals surface area (Å²) < 4.78 is 32.5. The Bertz CT molecular complexity index is 826. The van der Waals surface area contributed by atoms with Gasteiger partial charge in [-0.3, -0.25) is 19.2 Å². The molecule has 10 nitrogen and oxygen atoms in total. The van der Waals surface area contributed by atoms with E-state index in [1.807, 2.05) is 0 Å². The third-order valence-electron chi connectivity index (χ3n) is 4.03. The lowest BCUT2D eigenvalue weighted by Crippen LogP contribution is -2.63. The normalized spacial score (nSPS) is 25.1. The molecule has 1 heterocycles. The molecule has 1 aromatic carbocycles. The summed E-state index contributed by atoms with van der Waals surface area (Å²) in [6, 6.07) is 6.47. The molecule has 1 aliphatic heterocycles. The van der Waals surface area contributed by atoms with Crippen molar-refractivity contribution in [3.63, 3.8) is 0 Å². The number of carbonyl (C=O) groups is 4. The lowest BCUT2D eigenvalue weighted by Gasteiger charge is -2.43. The quantitative estimate of drug-likeness (QED) is 0.441. The Morgan fingerprint density at radius 2 is 1.39 bits per heavy atom. The SMILES string of the molecule is CC(=O)OC[C@@H]1O[C@@H](Oc2ccccc2Cl)[C@@H](OC(C)=O)[C@H](OC(C)=O)[C@H]1OC(C)=O. The maximum atomic E-state index is 11.8. The molecule has 1 aliphatic rings. The molecule has 1 saturated heterocycles. The van der Waals surface area contributed by atoms with E-state index in [4.69, 9.17) is 40.0 Å². The largest absolute Gasteiger partial charge is 0.463 e. The predicted molar refractivity (Wildman–Crippen MR) is 104 cm³/mol. The molecule has 0 radical (unpaired) electrons. The van der Waals surface area contributed by atoms with Crippen LogP contribution in [0.1, 0.15) is 27.7 Å². The summed E-state index contributed by atoms with van der Waals surface area (Å²) in [6.45, 7) is 4.26. The second-order valence-corrected chi connectivity index (χ2v) is 7.02. The number of benzene rings is 1. The van der Waals surface area contributed by atoms with Gasteiger partial charge in [-0.15, -0.1) is 0 Å². The van der Waals surface area contributed by atoms with Gasteiger partial charge in [0.25, 0.3) is 0 Å². The van der Waals surface area contributed by atoms with Crippen LogP contribution in [0.3, 0.4) is 0 Å². The minimum Gasteiger partial charge on any atom is -0.463 e. The van der Waals surface area contributed by atoms with Gasteiger partial charge in [0.05, 0.1) is 5.02 Å². The number of hydrogen-bond donors (Lipinski definition) is 0. The van der Waals surface area contributed by atoms with Crippen molar-refractivity contribution in [3.05, 3.63) is 29.3 Å². The van der Waals surface area contributed by atoms with E-state index in [1.165, 1.54) is 6.92 Å². The minimum absolute atomic E-state index is 0.199. The van der Waals surface area contributed by atoms with Crippen molar-refractivity contribution in [2.45, 2.75) is 58.4 Å². The van der Waals surface area contributed by atoms with Crippen molar-refractivity contribution in [1.29, 1.82) is 0 Å². The Balaban J connectivity index is 2.46. The molecular weight excluding hydrogens is 436 g/mol. The third-order valence-corrected chi connectivity index (χ3v) is 4.34. The van der Waals surface area contributed by atoms with Crippen LogP contribution in [0.5, 0.6) is 5.75 Å². The number of esters is 4. The van der Waals surface area contributed by atoms with E-state index in [9.17, 15) is 19.2 Å². The van der Waals surface area contributed by atoms with Gasteiger partial charge in [-0.25, -0.2) is 0 Å². The summed E-state index contributed by atoms with van der Waals surface area (Å²) in [7, 11) is 0. The summed E-state index contributed by atoms with van der Waals surface area (Å²) in [5.41, 5.74) is 0. The number of hydrogen-bond acceptors (Lipinski definition) is 10. The van der Waals surface area contributed by atoms with E-state index in [1.54, 1.807) is 24.3 Å². The molecule has 0 unspecified atom stereocenters. The molecular formula is C20H23ClO10. The van der Waals surface area contributed by atoms with Crippen molar-refractivity contribution >= 4 is 35.5 Å². The Hall–Kier alpha value is -2.85. The van der Waals surface area contributed by atoms with E-state index in [-0.39, 0.29) is 17.4 Å². The smallest absolute Gasteiger partial charge is 0.303 e. The third kappa shape index (κ3) is 7.11. The molecule has 170 valence electrons. The van der Waals surface area contributed by atoms with Crippen LogP contribution in [0.15, 0.2) is 24.3 Å². The zero-order valence-corrected chi connectivity index (χ0v) is 18.1. The highest BCUT2D eigenvalue weighted by Gasteiger charge is 2.53. The zero-order valence-electron chi connectivity index (χ0n) is 17.4. The van der Waals surface area contributed by atoms with Gasteiger partial charge in [0, 0.05) is 27.7 Å². The van der Waals surface area contributed by atoms with Crippen LogP contribution in [0, 0.1) is 0 Å². The fourth-order valence-corrected chi connectivity index (χ4v) is 3.13. The van der Waals surface area contributed by atoms with Gasteiger partial charge >= 0.3 is 23.9 Å². The summed E-state index contributed by atoms with van der Waals surface area (Å²) in [6.07, 6.45) is -6.32. The minimum atomic E-state index is -1.33. The van der Waals surface area contributed by atoms with Gasteiger partial charge in [-0.05, 0) is 12.1 Å². The average Bonchev–Trinajstić information content (AvgIpc) is 2.65. The lowest BCUT2D eigenvalue weighted by molar-refractivity contribution is -0.288. The molecule has 11 heteroatoms. The van der Waals surface area contributed by atoms with E-state index in [0.717, 1.165) is 20.8 Å². The lowest BCUT2D eigenvalue weighted by atomic mass is 9.98. The average molecular weight is 459 g/mol. The van der Waals surface area contributed by atoms with E-state index >= 15 is 0 Å². The van der Waals surface area contributed by atoms with Crippen LogP contribution in [0.25, 0.3) is 0 Å². The molecule has 5 atom stereocenters. The molecule has 1 fully saturated rings. The van der Waals surface area contributed by atoms with Gasteiger partial charge < -0.3 is 28.4 Å². The van der Waals surface area contributed by atoms with Gasteiger partial charge in [-0.2, -0.15) is 0 Å². The number of rotatable bonds is 7. The molecule has 0 bridgehead atoms. The maximum absolute atomic E-state index is 11.8. The van der Waals surface area contributed by atoms with E-state index in [2.05, 4.69) is 0 Å². The highest BCUT2D eigenvalue weighted by molar-refractivity contribution is 6.32. The Labute approximate surface area is 183 Å². The molecule has 0 spiro atoms. The molecule has 0 amide bonds. The van der Waals surface area contributed by atoms with Gasteiger partial charge in [0.1, 0.15) is 18.5 Å². The van der Waals surface area contributed by atoms with Crippen molar-refractivity contribution in [2.75, 3.05) is 6.61 Å². The predicted octanol–water partition coefficient (Wildman–Crippen LogP) is 1.80. The monoisotopic (exact) mass is 458 g/mol. The molecule has 0 saturated carbocycles. The van der Waals surface area contributed by atoms with Crippen LogP contribution >= 0.6 is 11.6 Å². The molecule has 31 heavy (non-hydrogen) atoms. The topological polar surface area (TPSA) is 124 Å². The van der Waals surface area contributed by atoms with E-state index in [0.29, 0.717) is 0 Å². The van der Waals surface area contributed by atoms with Gasteiger partial charge in [0.2, 0.25) is 12.4 Å². The second kappa shape index (κ2) is 11.0. The first-order valence-electron chi connectivity index (χ1n) is 9.30. The summed E-state index contributed by atoms with van der Waals surface area (Å²) in [4.78, 5) is 46.5. The van der Waals surface area contributed by atoms with Crippen LogP contribution in [-0.2, 0) is 42.9 Å². The van der Waals surface area contributed by atoms with Crippen molar-refractivity contribution in [2.24, 2.45) is 0 Å². The standard InChI is InChI=1S/C20H23ClO10/c1-10(22)26-9-16-17(27-11(2)23)18(28-12(3)24)19(29-13(4)25)20(31-16)30-15-8-6-5-7-14(15)21/h5-8,16-20H,9H2,1-4H3/t16-,17-,18+,19-,20+/m0/s1. The maximum Gasteiger partial charge on any atom is 0.303 e. The highest BCUT2D eigenvalue weighted by Crippen LogP contribution is 2.33. The first-order valence-corrected chi connectivity index (χ1v) is 9.68. The van der Waals surface area contributed by atoms with Gasteiger partial charge in [-0.1, -0.05) is 23.7 Å². The second-order valence-electron chi connectivity index (χ2n) is 6.62. The van der Waals surface area contributed by atoms with Crippen LogP contribution in [-0.4, -0.2) is 61.2 Å². The summed E-state index contributed by atoms with van der Waals surface area (Å²) in [5, 5.41) is 0.246. The number of halogens is 1. The summed E-state index contributed by atoms with van der Waals surface area (Å²) >= 11 is 6.14. The summed E-state index contributed by atoms with van der Waals surface area (Å²) in [5.74, 6) is -2.59. The van der Waals surface area contributed by atoms with E-state index < -0.39 is 54.6 Å². The molecule has 1 aromatic rings. The van der Waals surface area contributed by atoms with Crippen LogP contribution in [0.2, 0.25) is 5.02 Å². The van der Waals surface area contributed by atoms with Crippen LogP contribution in [0.4, 0.5) is 0 Å².